The van der Waals surface area contributed by atoms with Crippen LogP contribution >= 0.6 is 0 Å². The number of ether oxygens (including phenoxy) is 1. The Bertz CT molecular complexity index is 1280. The van der Waals surface area contributed by atoms with Gasteiger partial charge in [-0.15, -0.1) is 0 Å². The number of hydrogen-bond donors (Lipinski definition) is 0. The minimum Gasteiger partial charge on any atom is -0.478 e. The fourth-order valence-corrected chi connectivity index (χ4v) is 5.19. The molecule has 156 valence electrons. The van der Waals surface area contributed by atoms with Gasteiger partial charge in [0.2, 0.25) is 0 Å². The van der Waals surface area contributed by atoms with E-state index in [9.17, 15) is 8.78 Å². The predicted octanol–water partition coefficient (Wildman–Crippen LogP) is 7.24. The van der Waals surface area contributed by atoms with Crippen LogP contribution in [-0.2, 0) is 5.60 Å². The van der Waals surface area contributed by atoms with E-state index in [0.29, 0.717) is 0 Å². The third-order valence-electron chi connectivity index (χ3n) is 6.63. The van der Waals surface area contributed by atoms with Crippen molar-refractivity contribution in [2.75, 3.05) is 0 Å². The molecule has 2 unspecified atom stereocenters. The van der Waals surface area contributed by atoms with Crippen molar-refractivity contribution in [3.8, 4) is 5.75 Å². The second kappa shape index (κ2) is 7.16. The summed E-state index contributed by atoms with van der Waals surface area (Å²) in [5.74, 6) is 0.495. The van der Waals surface area contributed by atoms with Crippen molar-refractivity contribution >= 4 is 5.57 Å². The fraction of sp³-hybridized carbons (Fsp3) is 0.103. The van der Waals surface area contributed by atoms with Crippen LogP contribution < -0.4 is 4.74 Å². The Kier molecular flexibility index (Phi) is 4.25. The highest BCUT2D eigenvalue weighted by molar-refractivity contribution is 5.87. The lowest BCUT2D eigenvalue weighted by molar-refractivity contribution is 0.0144. The number of benzene rings is 4. The molecule has 1 aliphatic heterocycles. The van der Waals surface area contributed by atoms with E-state index in [1.54, 1.807) is 24.3 Å². The lowest BCUT2D eigenvalue weighted by Gasteiger charge is -2.56. The lowest BCUT2D eigenvalue weighted by atomic mass is 9.56. The van der Waals surface area contributed by atoms with Gasteiger partial charge in [-0.1, -0.05) is 72.8 Å². The molecular formula is C29H20F2O. The number of hydrogen-bond acceptors (Lipinski definition) is 1. The summed E-state index contributed by atoms with van der Waals surface area (Å²) in [6.07, 6.45) is 0.829. The summed E-state index contributed by atoms with van der Waals surface area (Å²) >= 11 is 0. The predicted molar refractivity (Wildman–Crippen MR) is 121 cm³/mol. The maximum absolute atomic E-state index is 13.8. The summed E-state index contributed by atoms with van der Waals surface area (Å²) in [5, 5.41) is 0. The van der Waals surface area contributed by atoms with Gasteiger partial charge in [-0.3, -0.25) is 0 Å². The number of fused-ring (bicyclic) bond motifs is 4. The summed E-state index contributed by atoms with van der Waals surface area (Å²) in [7, 11) is 0. The molecular weight excluding hydrogens is 402 g/mol. The molecule has 1 aliphatic carbocycles. The van der Waals surface area contributed by atoms with Crippen molar-refractivity contribution in [1.29, 1.82) is 0 Å². The van der Waals surface area contributed by atoms with Gasteiger partial charge < -0.3 is 4.74 Å². The molecule has 32 heavy (non-hydrogen) atoms. The molecule has 2 atom stereocenters. The van der Waals surface area contributed by atoms with E-state index in [4.69, 9.17) is 4.74 Å². The van der Waals surface area contributed by atoms with Gasteiger partial charge in [0.1, 0.15) is 17.4 Å². The molecule has 0 saturated heterocycles. The highest BCUT2D eigenvalue weighted by atomic mass is 19.1. The Morgan fingerprint density at radius 3 is 1.88 bits per heavy atom. The molecule has 0 radical (unpaired) electrons. The molecule has 1 fully saturated rings. The van der Waals surface area contributed by atoms with Crippen LogP contribution in [0.3, 0.4) is 0 Å². The van der Waals surface area contributed by atoms with Crippen LogP contribution in [0, 0.1) is 11.6 Å². The highest BCUT2D eigenvalue weighted by Crippen LogP contribution is 2.65. The molecule has 3 heteroatoms. The minimum absolute atomic E-state index is 0.172. The normalized spacial score (nSPS) is 20.7. The zero-order chi connectivity index (χ0) is 21.7. The highest BCUT2D eigenvalue weighted by Gasteiger charge is 2.58. The summed E-state index contributed by atoms with van der Waals surface area (Å²) < 4.78 is 34.3. The van der Waals surface area contributed by atoms with Crippen molar-refractivity contribution in [1.82, 2.24) is 0 Å². The summed E-state index contributed by atoms with van der Waals surface area (Å²) in [4.78, 5) is 0. The smallest absolute Gasteiger partial charge is 0.157 e. The second-order valence-corrected chi connectivity index (χ2v) is 8.39. The van der Waals surface area contributed by atoms with Gasteiger partial charge in [-0.2, -0.15) is 0 Å². The van der Waals surface area contributed by atoms with Gasteiger partial charge in [0, 0.05) is 17.9 Å². The number of halogens is 2. The van der Waals surface area contributed by atoms with E-state index in [1.165, 1.54) is 24.3 Å². The van der Waals surface area contributed by atoms with Crippen molar-refractivity contribution in [2.45, 2.75) is 17.9 Å². The molecule has 1 saturated carbocycles. The third-order valence-corrected chi connectivity index (χ3v) is 6.63. The fourth-order valence-electron chi connectivity index (χ4n) is 5.19. The minimum atomic E-state index is -0.613. The Morgan fingerprint density at radius 2 is 1.25 bits per heavy atom. The maximum Gasteiger partial charge on any atom is 0.157 e. The molecule has 6 rings (SSSR count). The first kappa shape index (κ1) is 19.0. The standard InChI is InChI=1S/C29H20F2O/c30-22-14-10-19(11-15-22)27(20-12-16-23(31)17-13-20)28-25-18-29(28,21-6-2-1-3-7-21)32-26-9-5-4-8-24(25)26/h1-17,25H,18H2. The Balaban J connectivity index is 1.67. The van der Waals surface area contributed by atoms with E-state index in [-0.39, 0.29) is 17.6 Å². The molecule has 1 heterocycles. The summed E-state index contributed by atoms with van der Waals surface area (Å²) in [6, 6.07) is 31.4. The van der Waals surface area contributed by atoms with Crippen LogP contribution in [0.15, 0.2) is 109 Å². The molecule has 0 N–H and O–H groups in total. The topological polar surface area (TPSA) is 9.23 Å². The lowest BCUT2D eigenvalue weighted by Crippen LogP contribution is -2.52. The number of para-hydroxylation sites is 1. The van der Waals surface area contributed by atoms with E-state index in [2.05, 4.69) is 18.2 Å². The van der Waals surface area contributed by atoms with Crippen molar-refractivity contribution in [3.05, 3.63) is 143 Å². The quantitative estimate of drug-likeness (QED) is 0.338. The molecule has 0 aromatic heterocycles. The molecule has 2 bridgehead atoms. The SMILES string of the molecule is Fc1ccc(C(=C2C3CC2(c2ccccc2)Oc2ccccc23)c2ccc(F)cc2)cc1. The zero-order valence-corrected chi connectivity index (χ0v) is 17.3. The van der Waals surface area contributed by atoms with E-state index >= 15 is 0 Å². The second-order valence-electron chi connectivity index (χ2n) is 8.39. The average Bonchev–Trinajstić information content (AvgIpc) is 2.83. The number of rotatable bonds is 3. The Labute approximate surface area is 185 Å². The first-order valence-electron chi connectivity index (χ1n) is 10.8. The Hall–Kier alpha value is -3.72. The van der Waals surface area contributed by atoms with Crippen LogP contribution in [0.1, 0.15) is 34.6 Å². The Morgan fingerprint density at radius 1 is 0.688 bits per heavy atom. The molecule has 0 amide bonds. The maximum atomic E-state index is 13.8. The van der Waals surface area contributed by atoms with Crippen molar-refractivity contribution in [2.24, 2.45) is 0 Å². The van der Waals surface area contributed by atoms with Gasteiger partial charge in [-0.05, 0) is 58.2 Å². The van der Waals surface area contributed by atoms with Crippen LogP contribution in [0.25, 0.3) is 5.57 Å². The van der Waals surface area contributed by atoms with Gasteiger partial charge in [0.05, 0.1) is 0 Å². The van der Waals surface area contributed by atoms with Gasteiger partial charge in [0.25, 0.3) is 0 Å². The van der Waals surface area contributed by atoms with Gasteiger partial charge in [0.15, 0.2) is 5.60 Å². The molecule has 0 spiro atoms. The van der Waals surface area contributed by atoms with Crippen LogP contribution in [-0.4, -0.2) is 0 Å². The van der Waals surface area contributed by atoms with E-state index in [0.717, 1.165) is 45.6 Å². The average molecular weight is 422 g/mol. The monoisotopic (exact) mass is 422 g/mol. The van der Waals surface area contributed by atoms with E-state index in [1.807, 2.05) is 36.4 Å². The van der Waals surface area contributed by atoms with Gasteiger partial charge in [-0.25, -0.2) is 8.78 Å². The van der Waals surface area contributed by atoms with E-state index < -0.39 is 5.60 Å². The molecule has 2 aliphatic rings. The van der Waals surface area contributed by atoms with Gasteiger partial charge >= 0.3 is 0 Å². The first-order chi connectivity index (χ1) is 15.7. The first-order valence-corrected chi connectivity index (χ1v) is 10.8. The summed E-state index contributed by atoms with van der Waals surface area (Å²) in [6.45, 7) is 0. The largest absolute Gasteiger partial charge is 0.478 e. The molecule has 1 nitrogen and oxygen atoms in total. The van der Waals surface area contributed by atoms with Crippen molar-refractivity contribution in [3.63, 3.8) is 0 Å². The van der Waals surface area contributed by atoms with Crippen molar-refractivity contribution < 1.29 is 13.5 Å². The van der Waals surface area contributed by atoms with Crippen LogP contribution in [0.5, 0.6) is 5.75 Å². The molecule has 4 aromatic rings. The zero-order valence-electron chi connectivity index (χ0n) is 17.3. The summed E-state index contributed by atoms with van der Waals surface area (Å²) in [5.41, 5.74) is 5.52. The van der Waals surface area contributed by atoms with Crippen LogP contribution in [0.4, 0.5) is 8.78 Å². The molecule has 4 aromatic carbocycles. The van der Waals surface area contributed by atoms with Crippen LogP contribution in [0.2, 0.25) is 0 Å². The third kappa shape index (κ3) is 2.81.